The highest BCUT2D eigenvalue weighted by molar-refractivity contribution is 5.48. The van der Waals surface area contributed by atoms with Crippen LogP contribution >= 0.6 is 0 Å². The van der Waals surface area contributed by atoms with Crippen LogP contribution in [0, 0.1) is 0 Å². The van der Waals surface area contributed by atoms with Gasteiger partial charge in [-0.15, -0.1) is 0 Å². The monoisotopic (exact) mass is 290 g/mol. The van der Waals surface area contributed by atoms with Crippen LogP contribution in [0.5, 0.6) is 11.5 Å². The van der Waals surface area contributed by atoms with Gasteiger partial charge in [0.1, 0.15) is 6.61 Å². The van der Waals surface area contributed by atoms with Crippen LogP contribution in [0.1, 0.15) is 12.0 Å². The van der Waals surface area contributed by atoms with Crippen molar-refractivity contribution in [3.63, 3.8) is 0 Å². The van der Waals surface area contributed by atoms with Gasteiger partial charge in [0.2, 0.25) is 6.41 Å². The van der Waals surface area contributed by atoms with Crippen LogP contribution in [0.3, 0.4) is 0 Å². The van der Waals surface area contributed by atoms with E-state index in [1.807, 2.05) is 17.0 Å². The summed E-state index contributed by atoms with van der Waals surface area (Å²) in [5.41, 5.74) is 1.21. The zero-order chi connectivity index (χ0) is 14.7. The van der Waals surface area contributed by atoms with Gasteiger partial charge in [0, 0.05) is 32.2 Å². The van der Waals surface area contributed by atoms with Gasteiger partial charge in [0.15, 0.2) is 11.5 Å². The molecule has 1 atom stereocenters. The standard InChI is InChI=1S/C16H22N2O3/c1-20-15-5-2-4-13-10-14(11-21-16(13)15)18-7-3-6-17(12-19)8-9-18/h2,4-5,12,14H,3,6-11H2,1H3/t14-/m0/s1. The lowest BCUT2D eigenvalue weighted by atomic mass is 10.0. The summed E-state index contributed by atoms with van der Waals surface area (Å²) in [7, 11) is 1.67. The number of carbonyl (C=O) groups is 1. The van der Waals surface area contributed by atoms with Crippen molar-refractivity contribution in [2.75, 3.05) is 39.9 Å². The molecule has 0 unspecified atom stereocenters. The molecule has 2 aliphatic rings. The molecule has 1 aromatic carbocycles. The molecular formula is C16H22N2O3. The number of hydrogen-bond acceptors (Lipinski definition) is 4. The van der Waals surface area contributed by atoms with Crippen LogP contribution in [-0.4, -0.2) is 62.1 Å². The lowest BCUT2D eigenvalue weighted by Crippen LogP contribution is -2.44. The molecule has 5 nitrogen and oxygen atoms in total. The second-order valence-electron chi connectivity index (χ2n) is 5.65. The lowest BCUT2D eigenvalue weighted by molar-refractivity contribution is -0.118. The first kappa shape index (κ1) is 14.2. The molecule has 21 heavy (non-hydrogen) atoms. The van der Waals surface area contributed by atoms with E-state index in [-0.39, 0.29) is 0 Å². The van der Waals surface area contributed by atoms with Crippen LogP contribution in [0.4, 0.5) is 0 Å². The topological polar surface area (TPSA) is 42.0 Å². The van der Waals surface area contributed by atoms with Crippen LogP contribution in [0.15, 0.2) is 18.2 Å². The van der Waals surface area contributed by atoms with Gasteiger partial charge >= 0.3 is 0 Å². The fourth-order valence-electron chi connectivity index (χ4n) is 3.20. The molecule has 114 valence electrons. The Kier molecular flexibility index (Phi) is 4.29. The summed E-state index contributed by atoms with van der Waals surface area (Å²) < 4.78 is 11.3. The molecule has 0 saturated carbocycles. The van der Waals surface area contributed by atoms with E-state index in [1.165, 1.54) is 5.56 Å². The molecule has 1 saturated heterocycles. The van der Waals surface area contributed by atoms with Crippen LogP contribution in [0.25, 0.3) is 0 Å². The molecule has 1 fully saturated rings. The molecule has 2 aliphatic heterocycles. The SMILES string of the molecule is COc1cccc2c1OC[C@@H](N1CCCN(C=O)CC1)C2. The highest BCUT2D eigenvalue weighted by Crippen LogP contribution is 2.35. The molecule has 0 aliphatic carbocycles. The highest BCUT2D eigenvalue weighted by atomic mass is 16.5. The minimum atomic E-state index is 0.385. The summed E-state index contributed by atoms with van der Waals surface area (Å²) in [6, 6.07) is 6.45. The summed E-state index contributed by atoms with van der Waals surface area (Å²) in [5, 5.41) is 0. The zero-order valence-electron chi connectivity index (χ0n) is 12.5. The predicted octanol–water partition coefficient (Wildman–Crippen LogP) is 1.16. The molecule has 1 aromatic rings. The number of rotatable bonds is 3. The van der Waals surface area contributed by atoms with E-state index in [0.29, 0.717) is 12.6 Å². The molecule has 0 spiro atoms. The third-order valence-corrected chi connectivity index (χ3v) is 4.39. The molecule has 1 amide bonds. The normalized spacial score (nSPS) is 22.9. The third kappa shape index (κ3) is 2.97. The Hall–Kier alpha value is -1.75. The summed E-state index contributed by atoms with van der Waals surface area (Å²) >= 11 is 0. The number of benzene rings is 1. The number of hydrogen-bond donors (Lipinski definition) is 0. The van der Waals surface area contributed by atoms with Gasteiger partial charge in [0.25, 0.3) is 0 Å². The molecule has 5 heteroatoms. The van der Waals surface area contributed by atoms with Gasteiger partial charge in [-0.1, -0.05) is 12.1 Å². The smallest absolute Gasteiger partial charge is 0.209 e. The zero-order valence-corrected chi connectivity index (χ0v) is 12.5. The van der Waals surface area contributed by atoms with Crippen molar-refractivity contribution >= 4 is 6.41 Å². The highest BCUT2D eigenvalue weighted by Gasteiger charge is 2.28. The first-order valence-electron chi connectivity index (χ1n) is 7.54. The molecule has 0 N–H and O–H groups in total. The van der Waals surface area contributed by atoms with Gasteiger partial charge in [-0.25, -0.2) is 0 Å². The van der Waals surface area contributed by atoms with E-state index in [2.05, 4.69) is 11.0 Å². The van der Waals surface area contributed by atoms with Gasteiger partial charge in [-0.2, -0.15) is 0 Å². The Morgan fingerprint density at radius 1 is 1.29 bits per heavy atom. The Morgan fingerprint density at radius 2 is 2.19 bits per heavy atom. The van der Waals surface area contributed by atoms with Crippen molar-refractivity contribution in [2.24, 2.45) is 0 Å². The fraction of sp³-hybridized carbons (Fsp3) is 0.562. The fourth-order valence-corrected chi connectivity index (χ4v) is 3.20. The molecule has 0 bridgehead atoms. The second-order valence-corrected chi connectivity index (χ2v) is 5.65. The molecule has 0 radical (unpaired) electrons. The number of methoxy groups -OCH3 is 1. The Morgan fingerprint density at radius 3 is 3.00 bits per heavy atom. The van der Waals surface area contributed by atoms with E-state index in [1.54, 1.807) is 7.11 Å². The number of para-hydroxylation sites is 1. The van der Waals surface area contributed by atoms with Gasteiger partial charge in [0.05, 0.1) is 7.11 Å². The Labute approximate surface area is 125 Å². The average molecular weight is 290 g/mol. The van der Waals surface area contributed by atoms with Crippen LogP contribution in [0.2, 0.25) is 0 Å². The summed E-state index contributed by atoms with van der Waals surface area (Å²) in [5.74, 6) is 1.70. The number of nitrogens with zero attached hydrogens (tertiary/aromatic N) is 2. The number of fused-ring (bicyclic) bond motifs is 1. The average Bonchev–Trinajstić information content (AvgIpc) is 2.79. The van der Waals surface area contributed by atoms with Crippen molar-refractivity contribution in [2.45, 2.75) is 18.9 Å². The van der Waals surface area contributed by atoms with Crippen LogP contribution in [-0.2, 0) is 11.2 Å². The van der Waals surface area contributed by atoms with E-state index in [0.717, 1.165) is 56.9 Å². The maximum atomic E-state index is 10.9. The van der Waals surface area contributed by atoms with E-state index < -0.39 is 0 Å². The molecular weight excluding hydrogens is 268 g/mol. The van der Waals surface area contributed by atoms with Crippen molar-refractivity contribution in [1.82, 2.24) is 9.80 Å². The van der Waals surface area contributed by atoms with E-state index in [9.17, 15) is 4.79 Å². The number of carbonyl (C=O) groups excluding carboxylic acids is 1. The van der Waals surface area contributed by atoms with Gasteiger partial charge < -0.3 is 14.4 Å². The Balaban J connectivity index is 1.70. The van der Waals surface area contributed by atoms with E-state index in [4.69, 9.17) is 9.47 Å². The van der Waals surface area contributed by atoms with Crippen molar-refractivity contribution < 1.29 is 14.3 Å². The summed E-state index contributed by atoms with van der Waals surface area (Å²) in [4.78, 5) is 15.2. The minimum Gasteiger partial charge on any atom is -0.493 e. The quantitative estimate of drug-likeness (QED) is 0.784. The predicted molar refractivity (Wildman–Crippen MR) is 79.8 cm³/mol. The van der Waals surface area contributed by atoms with Crippen molar-refractivity contribution in [3.8, 4) is 11.5 Å². The Bertz CT molecular complexity index is 506. The molecule has 0 aromatic heterocycles. The van der Waals surface area contributed by atoms with Crippen LogP contribution < -0.4 is 9.47 Å². The summed E-state index contributed by atoms with van der Waals surface area (Å²) in [6.45, 7) is 4.31. The van der Waals surface area contributed by atoms with Crippen molar-refractivity contribution in [3.05, 3.63) is 23.8 Å². The van der Waals surface area contributed by atoms with E-state index >= 15 is 0 Å². The first-order chi connectivity index (χ1) is 10.3. The number of amides is 1. The molecule has 2 heterocycles. The third-order valence-electron chi connectivity index (χ3n) is 4.39. The maximum absolute atomic E-state index is 10.9. The number of ether oxygens (including phenoxy) is 2. The minimum absolute atomic E-state index is 0.385. The summed E-state index contributed by atoms with van der Waals surface area (Å²) in [6.07, 6.45) is 2.97. The van der Waals surface area contributed by atoms with Crippen molar-refractivity contribution in [1.29, 1.82) is 0 Å². The van der Waals surface area contributed by atoms with Gasteiger partial charge in [-0.3, -0.25) is 9.69 Å². The lowest BCUT2D eigenvalue weighted by Gasteiger charge is -2.34. The second kappa shape index (κ2) is 6.35. The van der Waals surface area contributed by atoms with Gasteiger partial charge in [-0.05, 0) is 24.5 Å². The largest absolute Gasteiger partial charge is 0.493 e. The maximum Gasteiger partial charge on any atom is 0.209 e. The molecule has 3 rings (SSSR count). The first-order valence-corrected chi connectivity index (χ1v) is 7.54.